The Morgan fingerprint density at radius 2 is 1.84 bits per heavy atom. The highest BCUT2D eigenvalue weighted by molar-refractivity contribution is 5.83. The Kier molecular flexibility index (Phi) is 8.56. The van der Waals surface area contributed by atoms with Gasteiger partial charge in [0, 0.05) is 30.6 Å². The van der Waals surface area contributed by atoms with Gasteiger partial charge in [-0.1, -0.05) is 55.8 Å². The molecule has 3 aliphatic rings. The van der Waals surface area contributed by atoms with Crippen LogP contribution in [0.3, 0.4) is 0 Å². The number of carbonyl (C=O) groups excluding carboxylic acids is 3. The van der Waals surface area contributed by atoms with Gasteiger partial charge in [0.1, 0.15) is 6.61 Å². The van der Waals surface area contributed by atoms with Crippen molar-refractivity contribution in [3.05, 3.63) is 84.6 Å². The minimum Gasteiger partial charge on any atom is -0.458 e. The summed E-state index contributed by atoms with van der Waals surface area (Å²) in [5.74, 6) is -0.374. The van der Waals surface area contributed by atoms with Gasteiger partial charge in [-0.05, 0) is 60.9 Å². The highest BCUT2D eigenvalue weighted by atomic mass is 16.6. The quantitative estimate of drug-likeness (QED) is 0.208. The van der Waals surface area contributed by atoms with Crippen molar-refractivity contribution in [3.8, 4) is 11.4 Å². The predicted molar refractivity (Wildman–Crippen MR) is 168 cm³/mol. The highest BCUT2D eigenvalue weighted by Crippen LogP contribution is 2.41. The zero-order chi connectivity index (χ0) is 31.7. The summed E-state index contributed by atoms with van der Waals surface area (Å²) in [6, 6.07) is 9.75. The Labute approximate surface area is 261 Å². The number of carbonyl (C=O) groups is 3. The fourth-order valence-electron chi connectivity index (χ4n) is 6.27. The summed E-state index contributed by atoms with van der Waals surface area (Å²) in [7, 11) is 0. The first-order valence-electron chi connectivity index (χ1n) is 15.6. The Hall–Kier alpha value is -4.73. The Morgan fingerprint density at radius 1 is 1.07 bits per heavy atom. The molecule has 10 heteroatoms. The lowest BCUT2D eigenvalue weighted by Gasteiger charge is -2.28. The van der Waals surface area contributed by atoms with Gasteiger partial charge < -0.3 is 24.7 Å². The van der Waals surface area contributed by atoms with E-state index in [0.717, 1.165) is 47.6 Å². The number of hydrogen-bond acceptors (Lipinski definition) is 7. The highest BCUT2D eigenvalue weighted by Gasteiger charge is 2.38. The van der Waals surface area contributed by atoms with Crippen LogP contribution in [0.15, 0.2) is 35.1 Å². The van der Waals surface area contributed by atoms with Gasteiger partial charge in [-0.2, -0.15) is 0 Å². The maximum Gasteiger partial charge on any atom is 0.408 e. The summed E-state index contributed by atoms with van der Waals surface area (Å²) >= 11 is 0. The van der Waals surface area contributed by atoms with Crippen molar-refractivity contribution in [3.63, 3.8) is 0 Å². The van der Waals surface area contributed by atoms with Gasteiger partial charge in [0.15, 0.2) is 0 Å². The molecule has 45 heavy (non-hydrogen) atoms. The fraction of sp³-hybridized carbons (Fsp3) is 0.400. The average molecular weight is 611 g/mol. The van der Waals surface area contributed by atoms with Gasteiger partial charge in [-0.25, -0.2) is 14.6 Å². The Morgan fingerprint density at radius 3 is 2.58 bits per heavy atom. The molecule has 3 aromatic rings. The van der Waals surface area contributed by atoms with Crippen molar-refractivity contribution in [1.29, 1.82) is 0 Å². The number of nitrogens with zero attached hydrogens (tertiary/aromatic N) is 2. The molecule has 1 atom stereocenters. The molecule has 2 aliphatic heterocycles. The van der Waals surface area contributed by atoms with Crippen molar-refractivity contribution < 1.29 is 23.9 Å². The van der Waals surface area contributed by atoms with Gasteiger partial charge in [0.25, 0.3) is 5.56 Å². The first-order chi connectivity index (χ1) is 21.7. The van der Waals surface area contributed by atoms with E-state index < -0.39 is 18.2 Å². The molecule has 1 aliphatic carbocycles. The van der Waals surface area contributed by atoms with Crippen LogP contribution in [0.4, 0.5) is 4.79 Å². The molecule has 10 nitrogen and oxygen atoms in total. The Bertz CT molecular complexity index is 1830. The molecule has 2 aromatic heterocycles. The first kappa shape index (κ1) is 30.3. The van der Waals surface area contributed by atoms with E-state index in [1.54, 1.807) is 10.6 Å². The van der Waals surface area contributed by atoms with Gasteiger partial charge >= 0.3 is 12.1 Å². The van der Waals surface area contributed by atoms with Crippen LogP contribution in [0.2, 0.25) is 0 Å². The lowest BCUT2D eigenvalue weighted by Crippen LogP contribution is -2.36. The van der Waals surface area contributed by atoms with E-state index >= 15 is 0 Å². The summed E-state index contributed by atoms with van der Waals surface area (Å²) in [4.78, 5) is 55.9. The molecule has 6 rings (SSSR count). The minimum absolute atomic E-state index is 0.0184. The number of benzene rings is 1. The van der Waals surface area contributed by atoms with Crippen molar-refractivity contribution in [2.45, 2.75) is 83.6 Å². The van der Waals surface area contributed by atoms with Crippen molar-refractivity contribution in [2.24, 2.45) is 0 Å². The smallest absolute Gasteiger partial charge is 0.408 e. The van der Waals surface area contributed by atoms with Gasteiger partial charge in [-0.15, -0.1) is 0 Å². The number of aromatic nitrogens is 2. The third-order valence-electron chi connectivity index (χ3n) is 9.08. The SMILES string of the molecule is C=c1nc2c(c(C3CCC3)c1=C)Cn1c-2cc2c(c1=O)COC(=O)C2OC(=O)NCCCCCC(=O)NCc1ccc(C)cc1. The normalized spacial score (nSPS) is 16.6. The molecule has 0 bridgehead atoms. The summed E-state index contributed by atoms with van der Waals surface area (Å²) in [6.07, 6.45) is 3.57. The van der Waals surface area contributed by atoms with Crippen molar-refractivity contribution >= 4 is 31.1 Å². The second-order valence-corrected chi connectivity index (χ2v) is 12.2. The molecular weight excluding hydrogens is 572 g/mol. The number of fused-ring (bicyclic) bond motifs is 4. The summed E-state index contributed by atoms with van der Waals surface area (Å²) < 4.78 is 12.4. The summed E-state index contributed by atoms with van der Waals surface area (Å²) in [5.41, 5.74) is 5.88. The first-order valence-corrected chi connectivity index (χ1v) is 15.6. The predicted octanol–water partition coefficient (Wildman–Crippen LogP) is 3.37. The lowest BCUT2D eigenvalue weighted by molar-refractivity contribution is -0.157. The van der Waals surface area contributed by atoms with Crippen LogP contribution in [-0.2, 0) is 38.8 Å². The number of alkyl carbamates (subject to hydrolysis) is 1. The number of pyridine rings is 2. The number of hydrogen-bond donors (Lipinski definition) is 2. The van der Waals surface area contributed by atoms with Crippen LogP contribution < -0.4 is 26.8 Å². The van der Waals surface area contributed by atoms with E-state index in [0.29, 0.717) is 72.7 Å². The fourth-order valence-corrected chi connectivity index (χ4v) is 6.27. The minimum atomic E-state index is -1.37. The topological polar surface area (TPSA) is 129 Å². The largest absolute Gasteiger partial charge is 0.458 e. The lowest BCUT2D eigenvalue weighted by atomic mass is 9.77. The number of amides is 2. The molecule has 0 spiro atoms. The number of aryl methyl sites for hydroxylation is 1. The summed E-state index contributed by atoms with van der Waals surface area (Å²) in [5, 5.41) is 6.99. The van der Waals surface area contributed by atoms with E-state index in [9.17, 15) is 19.2 Å². The molecular formula is C35H38N4O6. The van der Waals surface area contributed by atoms with E-state index in [2.05, 4.69) is 23.8 Å². The number of rotatable bonds is 10. The van der Waals surface area contributed by atoms with Crippen molar-refractivity contribution in [1.82, 2.24) is 20.2 Å². The van der Waals surface area contributed by atoms with Crippen LogP contribution in [-0.4, -0.2) is 34.1 Å². The average Bonchev–Trinajstić information content (AvgIpc) is 3.35. The number of nitrogens with one attached hydrogen (secondary N) is 2. The van der Waals surface area contributed by atoms with E-state index in [4.69, 9.17) is 14.5 Å². The number of cyclic esters (lactones) is 1. The third kappa shape index (κ3) is 6.14. The maximum absolute atomic E-state index is 13.6. The molecule has 2 N–H and O–H groups in total. The van der Waals surface area contributed by atoms with Gasteiger partial charge in [0.05, 0.1) is 28.8 Å². The molecule has 0 saturated heterocycles. The molecule has 0 radical (unpaired) electrons. The van der Waals surface area contributed by atoms with Gasteiger partial charge in [0.2, 0.25) is 12.0 Å². The van der Waals surface area contributed by atoms with E-state index in [1.165, 1.54) is 5.56 Å². The van der Waals surface area contributed by atoms with Crippen LogP contribution in [0.5, 0.6) is 0 Å². The maximum atomic E-state index is 13.6. The second-order valence-electron chi connectivity index (χ2n) is 12.2. The van der Waals surface area contributed by atoms with Crippen LogP contribution in [0, 0.1) is 6.92 Å². The molecule has 1 unspecified atom stereocenters. The number of esters is 1. The summed E-state index contributed by atoms with van der Waals surface area (Å²) in [6.45, 7) is 11.3. The standard InChI is InChI=1S/C35H38N4O6/c1-20-11-13-23(14-12-20)17-37-29(40)10-5-4-6-15-36-35(43)45-32-25-16-28-31-26(18-39(28)33(41)27(25)19-44-34(32)42)30(24-8-7-9-24)21(2)22(3)38-31/h11-14,16,24,32H,2-10,15,17-19H2,1H3,(H,36,43)(H,37,40). The molecule has 234 valence electrons. The monoisotopic (exact) mass is 610 g/mol. The molecule has 1 saturated carbocycles. The zero-order valence-electron chi connectivity index (χ0n) is 25.6. The molecule has 4 heterocycles. The van der Waals surface area contributed by atoms with Gasteiger partial charge in [-0.3, -0.25) is 9.59 Å². The second kappa shape index (κ2) is 12.7. The van der Waals surface area contributed by atoms with E-state index in [1.807, 2.05) is 31.2 Å². The van der Waals surface area contributed by atoms with Crippen LogP contribution in [0.1, 0.15) is 90.3 Å². The Balaban J connectivity index is 1.05. The van der Waals surface area contributed by atoms with Crippen LogP contribution >= 0.6 is 0 Å². The van der Waals surface area contributed by atoms with Crippen molar-refractivity contribution in [2.75, 3.05) is 6.54 Å². The molecule has 2 amide bonds. The number of unbranched alkanes of at least 4 members (excludes halogenated alkanes) is 2. The molecule has 1 fully saturated rings. The third-order valence-corrected chi connectivity index (χ3v) is 9.08. The number of ether oxygens (including phenoxy) is 2. The van der Waals surface area contributed by atoms with Crippen LogP contribution in [0.25, 0.3) is 24.5 Å². The van der Waals surface area contributed by atoms with E-state index in [-0.39, 0.29) is 18.1 Å². The molecule has 1 aromatic carbocycles. The zero-order valence-corrected chi connectivity index (χ0v) is 25.6.